The van der Waals surface area contributed by atoms with E-state index in [0.717, 1.165) is 4.90 Å². The number of urea groups is 1. The highest BCUT2D eigenvalue weighted by atomic mass is 19.1. The number of carbonyl (C=O) groups is 4. The van der Waals surface area contributed by atoms with E-state index in [9.17, 15) is 23.6 Å². The maximum absolute atomic E-state index is 14.1. The van der Waals surface area contributed by atoms with Crippen LogP contribution in [0.2, 0.25) is 0 Å². The maximum Gasteiger partial charge on any atom is 0.414 e. The van der Waals surface area contributed by atoms with E-state index >= 15 is 0 Å². The summed E-state index contributed by atoms with van der Waals surface area (Å²) in [5.41, 5.74) is 0.145. The number of hydrogen-bond donors (Lipinski definition) is 1. The van der Waals surface area contributed by atoms with Crippen molar-refractivity contribution in [2.45, 2.75) is 12.5 Å². The molecule has 3 aliphatic heterocycles. The summed E-state index contributed by atoms with van der Waals surface area (Å²) < 4.78 is 19.1. The van der Waals surface area contributed by atoms with Crippen molar-refractivity contribution in [3.63, 3.8) is 0 Å². The van der Waals surface area contributed by atoms with Gasteiger partial charge in [-0.05, 0) is 36.8 Å². The molecule has 0 radical (unpaired) electrons. The highest BCUT2D eigenvalue weighted by Gasteiger charge is 2.50. The molecule has 5 rings (SSSR count). The van der Waals surface area contributed by atoms with Gasteiger partial charge in [0.15, 0.2) is 0 Å². The van der Waals surface area contributed by atoms with Gasteiger partial charge in [0.2, 0.25) is 5.91 Å². The fourth-order valence-electron chi connectivity index (χ4n) is 4.79. The predicted molar refractivity (Wildman–Crippen MR) is 128 cm³/mol. The summed E-state index contributed by atoms with van der Waals surface area (Å²) in [6.45, 7) is 3.44. The molecule has 3 saturated heterocycles. The molecule has 0 unspecified atom stereocenters. The van der Waals surface area contributed by atoms with Gasteiger partial charge < -0.3 is 19.9 Å². The number of nitrogens with one attached hydrogen (secondary N) is 1. The molecule has 5 amide bonds. The smallest absolute Gasteiger partial charge is 0.414 e. The van der Waals surface area contributed by atoms with Crippen LogP contribution in [0.25, 0.3) is 0 Å². The van der Waals surface area contributed by atoms with E-state index in [1.807, 2.05) is 4.90 Å². The van der Waals surface area contributed by atoms with Gasteiger partial charge in [-0.15, -0.1) is 0 Å². The lowest BCUT2D eigenvalue weighted by Gasteiger charge is -2.36. The third-order valence-corrected chi connectivity index (χ3v) is 6.89. The number of para-hydroxylation sites is 1. The Bertz CT molecular complexity index is 1230. The van der Waals surface area contributed by atoms with Crippen LogP contribution in [-0.2, 0) is 19.9 Å². The summed E-state index contributed by atoms with van der Waals surface area (Å²) >= 11 is 0. The van der Waals surface area contributed by atoms with E-state index in [0.29, 0.717) is 49.7 Å². The monoisotopic (exact) mass is 495 g/mol. The largest absolute Gasteiger partial charge is 0.447 e. The lowest BCUT2D eigenvalue weighted by atomic mass is 9.91. The van der Waals surface area contributed by atoms with Crippen LogP contribution in [-0.4, -0.2) is 79.6 Å². The normalized spacial score (nSPS) is 22.2. The van der Waals surface area contributed by atoms with Gasteiger partial charge in [0.1, 0.15) is 24.5 Å². The molecule has 1 N–H and O–H groups in total. The Balaban J connectivity index is 1.25. The molecule has 3 heterocycles. The Morgan fingerprint density at radius 1 is 1.03 bits per heavy atom. The Kier molecular flexibility index (Phi) is 5.99. The molecule has 2 aromatic rings. The van der Waals surface area contributed by atoms with Crippen LogP contribution in [0.15, 0.2) is 48.5 Å². The second kappa shape index (κ2) is 9.14. The number of benzene rings is 2. The molecule has 0 aliphatic carbocycles. The number of nitrogens with zero attached hydrogens (tertiary/aromatic N) is 4. The highest BCUT2D eigenvalue weighted by Crippen LogP contribution is 2.32. The van der Waals surface area contributed by atoms with Gasteiger partial charge in [0.25, 0.3) is 5.91 Å². The molecule has 10 nitrogen and oxygen atoms in total. The lowest BCUT2D eigenvalue weighted by molar-refractivity contribution is -0.139. The van der Waals surface area contributed by atoms with E-state index in [-0.39, 0.29) is 18.3 Å². The number of cyclic esters (lactones) is 1. The van der Waals surface area contributed by atoms with Gasteiger partial charge in [0, 0.05) is 31.9 Å². The van der Waals surface area contributed by atoms with Gasteiger partial charge in [-0.1, -0.05) is 24.3 Å². The number of halogens is 1. The Hall–Kier alpha value is -4.15. The summed E-state index contributed by atoms with van der Waals surface area (Å²) in [6, 6.07) is 12.6. The molecular formula is C25H26FN5O5. The molecule has 36 heavy (non-hydrogen) atoms. The van der Waals surface area contributed by atoms with Crippen molar-refractivity contribution in [1.82, 2.24) is 15.1 Å². The van der Waals surface area contributed by atoms with Crippen molar-refractivity contribution in [3.05, 3.63) is 59.9 Å². The summed E-state index contributed by atoms with van der Waals surface area (Å²) in [5.74, 6) is -1.22. The van der Waals surface area contributed by atoms with E-state index in [1.165, 1.54) is 11.0 Å². The van der Waals surface area contributed by atoms with Crippen molar-refractivity contribution in [2.24, 2.45) is 0 Å². The molecule has 1 atom stereocenters. The molecule has 0 spiro atoms. The van der Waals surface area contributed by atoms with Crippen LogP contribution >= 0.6 is 0 Å². The molecule has 0 aromatic heterocycles. The maximum atomic E-state index is 14.1. The zero-order valence-electron chi connectivity index (χ0n) is 19.8. The fraction of sp³-hybridized carbons (Fsp3) is 0.360. The molecular weight excluding hydrogens is 469 g/mol. The first-order chi connectivity index (χ1) is 17.3. The van der Waals surface area contributed by atoms with Crippen LogP contribution in [0.1, 0.15) is 12.5 Å². The topological polar surface area (TPSA) is 102 Å². The minimum atomic E-state index is -1.39. The summed E-state index contributed by atoms with van der Waals surface area (Å²) in [5, 5.41) is 2.70. The standard InChI is InChI=1S/C25H26FN5O5/c1-25(17-5-4-6-18(15-17)30-13-14-36-24(30)35)22(33)31(23(34)27-25)16-21(32)29-11-9-28(10-12-29)20-8-3-2-7-19(20)26/h2-8,15H,9-14,16H2,1H3,(H,27,34)/t25-/m0/s1. The summed E-state index contributed by atoms with van der Waals surface area (Å²) in [7, 11) is 0. The highest BCUT2D eigenvalue weighted by molar-refractivity contribution is 6.09. The number of imide groups is 1. The van der Waals surface area contributed by atoms with E-state index < -0.39 is 30.1 Å². The third kappa shape index (κ3) is 4.10. The van der Waals surface area contributed by atoms with Gasteiger partial charge in [0.05, 0.1) is 12.2 Å². The average Bonchev–Trinajstić information content (AvgIpc) is 3.41. The third-order valence-electron chi connectivity index (χ3n) is 6.89. The molecule has 0 bridgehead atoms. The second-order valence-corrected chi connectivity index (χ2v) is 9.08. The SMILES string of the molecule is C[C@@]1(c2cccc(N3CCOC3=O)c2)NC(=O)N(CC(=O)N2CCN(c3ccccc3F)CC2)C1=O. The minimum absolute atomic E-state index is 0.278. The van der Waals surface area contributed by atoms with Crippen LogP contribution < -0.4 is 15.1 Å². The minimum Gasteiger partial charge on any atom is -0.447 e. The van der Waals surface area contributed by atoms with Crippen molar-refractivity contribution in [1.29, 1.82) is 0 Å². The van der Waals surface area contributed by atoms with E-state index in [4.69, 9.17) is 4.74 Å². The van der Waals surface area contributed by atoms with Crippen molar-refractivity contribution < 1.29 is 28.3 Å². The summed E-state index contributed by atoms with van der Waals surface area (Å²) in [4.78, 5) is 56.8. The second-order valence-electron chi connectivity index (χ2n) is 9.08. The molecule has 11 heteroatoms. The first kappa shape index (κ1) is 23.6. The first-order valence-electron chi connectivity index (χ1n) is 11.7. The van der Waals surface area contributed by atoms with Crippen molar-refractivity contribution >= 4 is 35.3 Å². The number of anilines is 2. The van der Waals surface area contributed by atoms with Crippen LogP contribution in [0.4, 0.5) is 25.4 Å². The lowest BCUT2D eigenvalue weighted by Crippen LogP contribution is -2.52. The molecule has 0 saturated carbocycles. The summed E-state index contributed by atoms with van der Waals surface area (Å²) in [6.07, 6.45) is -0.471. The van der Waals surface area contributed by atoms with Gasteiger partial charge in [-0.3, -0.25) is 19.4 Å². The molecule has 188 valence electrons. The van der Waals surface area contributed by atoms with E-state index in [1.54, 1.807) is 54.3 Å². The quantitative estimate of drug-likeness (QED) is 0.636. The Labute approximate surface area is 207 Å². The van der Waals surface area contributed by atoms with Crippen LogP contribution in [0.3, 0.4) is 0 Å². The van der Waals surface area contributed by atoms with Crippen LogP contribution in [0, 0.1) is 5.82 Å². The number of amides is 5. The number of carbonyl (C=O) groups excluding carboxylic acids is 4. The molecule has 3 fully saturated rings. The van der Waals surface area contributed by atoms with E-state index in [2.05, 4.69) is 5.32 Å². The number of ether oxygens (including phenoxy) is 1. The van der Waals surface area contributed by atoms with Crippen molar-refractivity contribution in [3.8, 4) is 0 Å². The van der Waals surface area contributed by atoms with Gasteiger partial charge in [-0.2, -0.15) is 0 Å². The molecule has 3 aliphatic rings. The van der Waals surface area contributed by atoms with Gasteiger partial charge >= 0.3 is 12.1 Å². The zero-order chi connectivity index (χ0) is 25.4. The number of rotatable bonds is 5. The Morgan fingerprint density at radius 2 is 1.78 bits per heavy atom. The first-order valence-corrected chi connectivity index (χ1v) is 11.7. The predicted octanol–water partition coefficient (Wildman–Crippen LogP) is 1.90. The fourth-order valence-corrected chi connectivity index (χ4v) is 4.79. The van der Waals surface area contributed by atoms with Crippen molar-refractivity contribution in [2.75, 3.05) is 55.7 Å². The Morgan fingerprint density at radius 3 is 2.47 bits per heavy atom. The number of piperazine rings is 1. The van der Waals surface area contributed by atoms with Gasteiger partial charge in [-0.25, -0.2) is 14.0 Å². The molecule has 2 aromatic carbocycles. The zero-order valence-corrected chi connectivity index (χ0v) is 19.8. The number of hydrogen-bond acceptors (Lipinski definition) is 6. The average molecular weight is 496 g/mol. The van der Waals surface area contributed by atoms with Crippen LogP contribution in [0.5, 0.6) is 0 Å².